The van der Waals surface area contributed by atoms with Crippen molar-refractivity contribution in [2.45, 2.75) is 57.4 Å². The van der Waals surface area contributed by atoms with E-state index in [0.29, 0.717) is 38.3 Å². The standard InChI is InChI=1S/C19H27N3O3/c1-14(2)16-7-10-22(20-16)19(18(24)25)8-11-21(12-9-19)17(23)13-15-5-3-4-6-15/h3,5,7,10,14-15H,4,6,8-9,11-13H2,1-2H3,(H,24,25)/t15-/m1/s1. The third-order valence-electron chi connectivity index (χ3n) is 5.53. The molecular weight excluding hydrogens is 318 g/mol. The molecular formula is C19H27N3O3. The summed E-state index contributed by atoms with van der Waals surface area (Å²) in [6.45, 7) is 5.02. The fourth-order valence-electron chi connectivity index (χ4n) is 3.77. The average molecular weight is 345 g/mol. The van der Waals surface area contributed by atoms with Crippen molar-refractivity contribution in [1.82, 2.24) is 14.7 Å². The lowest BCUT2D eigenvalue weighted by molar-refractivity contribution is -0.153. The van der Waals surface area contributed by atoms with Gasteiger partial charge in [0.2, 0.25) is 5.91 Å². The smallest absolute Gasteiger partial charge is 0.331 e. The molecule has 1 aromatic heterocycles. The second-order valence-electron chi connectivity index (χ2n) is 7.53. The molecule has 1 aliphatic carbocycles. The number of carbonyl (C=O) groups excluding carboxylic acids is 1. The van der Waals surface area contributed by atoms with E-state index in [1.165, 1.54) is 0 Å². The topological polar surface area (TPSA) is 75.4 Å². The highest BCUT2D eigenvalue weighted by molar-refractivity contribution is 5.79. The van der Waals surface area contributed by atoms with Crippen LogP contribution in [-0.4, -0.2) is 44.8 Å². The molecule has 1 N–H and O–H groups in total. The van der Waals surface area contributed by atoms with Gasteiger partial charge < -0.3 is 10.0 Å². The molecule has 2 aliphatic rings. The Balaban J connectivity index is 1.68. The molecule has 0 bridgehead atoms. The number of piperidine rings is 1. The number of carboxylic acids is 1. The van der Waals surface area contributed by atoms with E-state index in [4.69, 9.17) is 0 Å². The van der Waals surface area contributed by atoms with Crippen LogP contribution in [-0.2, 0) is 15.1 Å². The number of carbonyl (C=O) groups is 2. The maximum atomic E-state index is 12.5. The van der Waals surface area contributed by atoms with Gasteiger partial charge in [-0.2, -0.15) is 5.10 Å². The van der Waals surface area contributed by atoms with Crippen LogP contribution < -0.4 is 0 Å². The number of rotatable bonds is 5. The number of hydrogen-bond acceptors (Lipinski definition) is 3. The zero-order valence-corrected chi connectivity index (χ0v) is 15.0. The predicted molar refractivity (Wildman–Crippen MR) is 94.2 cm³/mol. The predicted octanol–water partition coefficient (Wildman–Crippen LogP) is 2.77. The number of likely N-dealkylation sites (tertiary alicyclic amines) is 1. The Hall–Kier alpha value is -2.11. The van der Waals surface area contributed by atoms with E-state index in [2.05, 4.69) is 17.3 Å². The Morgan fingerprint density at radius 1 is 1.36 bits per heavy atom. The molecule has 0 spiro atoms. The zero-order valence-electron chi connectivity index (χ0n) is 15.0. The molecule has 2 heterocycles. The van der Waals surface area contributed by atoms with Crippen molar-refractivity contribution < 1.29 is 14.7 Å². The molecule has 0 saturated carbocycles. The summed E-state index contributed by atoms with van der Waals surface area (Å²) in [6.07, 6.45) is 9.46. The molecule has 3 rings (SSSR count). The van der Waals surface area contributed by atoms with E-state index in [-0.39, 0.29) is 11.8 Å². The minimum atomic E-state index is -1.04. The minimum Gasteiger partial charge on any atom is -0.479 e. The summed E-state index contributed by atoms with van der Waals surface area (Å²) in [6, 6.07) is 1.89. The molecule has 1 fully saturated rings. The van der Waals surface area contributed by atoms with Crippen molar-refractivity contribution in [3.63, 3.8) is 0 Å². The highest BCUT2D eigenvalue weighted by Crippen LogP contribution is 2.32. The van der Waals surface area contributed by atoms with Gasteiger partial charge in [0.15, 0.2) is 5.54 Å². The molecule has 6 nitrogen and oxygen atoms in total. The SMILES string of the molecule is CC(C)c1ccn(C2(C(=O)O)CCN(C(=O)C[C@@H]3C=CCC3)CC2)n1. The lowest BCUT2D eigenvalue weighted by atomic mass is 9.87. The van der Waals surface area contributed by atoms with Crippen molar-refractivity contribution in [3.8, 4) is 0 Å². The first-order valence-corrected chi connectivity index (χ1v) is 9.16. The Bertz CT molecular complexity index is 669. The third-order valence-corrected chi connectivity index (χ3v) is 5.53. The maximum absolute atomic E-state index is 12.5. The fourth-order valence-corrected chi connectivity index (χ4v) is 3.77. The van der Waals surface area contributed by atoms with Crippen LogP contribution in [0.15, 0.2) is 24.4 Å². The first-order chi connectivity index (χ1) is 11.9. The van der Waals surface area contributed by atoms with Gasteiger partial charge in [-0.25, -0.2) is 4.79 Å². The number of aromatic nitrogens is 2. The number of nitrogens with zero attached hydrogens (tertiary/aromatic N) is 3. The van der Waals surface area contributed by atoms with Crippen LogP contribution in [0.2, 0.25) is 0 Å². The van der Waals surface area contributed by atoms with Crippen LogP contribution in [0, 0.1) is 5.92 Å². The van der Waals surface area contributed by atoms with Crippen LogP contribution in [0.5, 0.6) is 0 Å². The first kappa shape index (κ1) is 17.7. The summed E-state index contributed by atoms with van der Waals surface area (Å²) in [5, 5.41) is 14.4. The molecule has 1 amide bonds. The molecule has 1 atom stereocenters. The summed E-state index contributed by atoms with van der Waals surface area (Å²) in [7, 11) is 0. The van der Waals surface area contributed by atoms with E-state index in [1.807, 2.05) is 24.8 Å². The summed E-state index contributed by atoms with van der Waals surface area (Å²) in [5.41, 5.74) is -0.149. The van der Waals surface area contributed by atoms with Gasteiger partial charge in [-0.1, -0.05) is 26.0 Å². The van der Waals surface area contributed by atoms with Crippen LogP contribution in [0.4, 0.5) is 0 Å². The van der Waals surface area contributed by atoms with Gasteiger partial charge in [0.25, 0.3) is 0 Å². The van der Waals surface area contributed by atoms with Gasteiger partial charge in [0, 0.05) is 38.5 Å². The lowest BCUT2D eigenvalue weighted by Crippen LogP contribution is -2.52. The molecule has 0 aromatic carbocycles. The Kier molecular flexibility index (Phi) is 4.97. The molecule has 1 saturated heterocycles. The van der Waals surface area contributed by atoms with Crippen molar-refractivity contribution in [2.24, 2.45) is 5.92 Å². The molecule has 1 aliphatic heterocycles. The highest BCUT2D eigenvalue weighted by atomic mass is 16.4. The van der Waals surface area contributed by atoms with Gasteiger partial charge >= 0.3 is 5.97 Å². The number of carboxylic acid groups (broad SMARTS) is 1. The molecule has 0 radical (unpaired) electrons. The number of hydrogen-bond donors (Lipinski definition) is 1. The quantitative estimate of drug-likeness (QED) is 0.833. The van der Waals surface area contributed by atoms with Crippen LogP contribution in [0.3, 0.4) is 0 Å². The van der Waals surface area contributed by atoms with Crippen LogP contribution in [0.1, 0.15) is 57.6 Å². The summed E-state index contributed by atoms with van der Waals surface area (Å²) >= 11 is 0. The van der Waals surface area contributed by atoms with Gasteiger partial charge in [0.05, 0.1) is 5.69 Å². The summed E-state index contributed by atoms with van der Waals surface area (Å²) in [4.78, 5) is 26.3. The van der Waals surface area contributed by atoms with Gasteiger partial charge in [-0.3, -0.25) is 9.48 Å². The van der Waals surface area contributed by atoms with Gasteiger partial charge in [-0.15, -0.1) is 0 Å². The molecule has 25 heavy (non-hydrogen) atoms. The largest absolute Gasteiger partial charge is 0.479 e. The molecule has 0 unspecified atom stereocenters. The van der Waals surface area contributed by atoms with E-state index in [1.54, 1.807) is 10.9 Å². The van der Waals surface area contributed by atoms with E-state index in [9.17, 15) is 14.7 Å². The average Bonchev–Trinajstić information content (AvgIpc) is 3.26. The number of amides is 1. The van der Waals surface area contributed by atoms with Gasteiger partial charge in [0.1, 0.15) is 0 Å². The number of aliphatic carboxylic acids is 1. The van der Waals surface area contributed by atoms with E-state index in [0.717, 1.165) is 18.5 Å². The number of allylic oxidation sites excluding steroid dienone is 2. The monoisotopic (exact) mass is 345 g/mol. The molecule has 136 valence electrons. The second kappa shape index (κ2) is 7.02. The Labute approximate surface area is 148 Å². The Morgan fingerprint density at radius 2 is 2.08 bits per heavy atom. The Morgan fingerprint density at radius 3 is 2.60 bits per heavy atom. The normalized spacial score (nSPS) is 22.5. The molecule has 6 heteroatoms. The van der Waals surface area contributed by atoms with Crippen molar-refractivity contribution in [2.75, 3.05) is 13.1 Å². The van der Waals surface area contributed by atoms with Crippen molar-refractivity contribution in [3.05, 3.63) is 30.1 Å². The van der Waals surface area contributed by atoms with Crippen LogP contribution in [0.25, 0.3) is 0 Å². The van der Waals surface area contributed by atoms with Crippen molar-refractivity contribution in [1.29, 1.82) is 0 Å². The molecule has 1 aromatic rings. The van der Waals surface area contributed by atoms with E-state index >= 15 is 0 Å². The first-order valence-electron chi connectivity index (χ1n) is 9.16. The minimum absolute atomic E-state index is 0.138. The lowest BCUT2D eigenvalue weighted by Gasteiger charge is -2.39. The summed E-state index contributed by atoms with van der Waals surface area (Å²) in [5.74, 6) is -0.123. The van der Waals surface area contributed by atoms with E-state index < -0.39 is 11.5 Å². The van der Waals surface area contributed by atoms with Gasteiger partial charge in [-0.05, 0) is 30.7 Å². The van der Waals surface area contributed by atoms with Crippen molar-refractivity contribution >= 4 is 11.9 Å². The fraction of sp³-hybridized carbons (Fsp3) is 0.632. The third kappa shape index (κ3) is 3.48. The zero-order chi connectivity index (χ0) is 18.0. The second-order valence-corrected chi connectivity index (χ2v) is 7.53. The summed E-state index contributed by atoms with van der Waals surface area (Å²) < 4.78 is 1.60. The highest BCUT2D eigenvalue weighted by Gasteiger charge is 2.45. The van der Waals surface area contributed by atoms with Crippen LogP contribution >= 0.6 is 0 Å². The maximum Gasteiger partial charge on any atom is 0.331 e.